The molecule has 4 heteroatoms. The van der Waals surface area contributed by atoms with Gasteiger partial charge in [-0.2, -0.15) is 5.26 Å². The number of hydrogen-bond acceptors (Lipinski definition) is 4. The quantitative estimate of drug-likeness (QED) is 0.673. The molecule has 1 N–H and O–H groups in total. The standard InChI is InChI=1S/C7H8N4/c1-2-10-7-6(3-8)4-9-5-11-7/h4-5H,2H2,1H3,(H,9,10,11). The van der Waals surface area contributed by atoms with Crippen molar-refractivity contribution in [3.63, 3.8) is 0 Å². The van der Waals surface area contributed by atoms with Gasteiger partial charge in [-0.1, -0.05) is 0 Å². The fourth-order valence-electron chi connectivity index (χ4n) is 0.720. The smallest absolute Gasteiger partial charge is 0.147 e. The first-order valence-corrected chi connectivity index (χ1v) is 3.32. The Balaban J connectivity index is 2.95. The second kappa shape index (κ2) is 3.52. The zero-order chi connectivity index (χ0) is 8.10. The molecule has 56 valence electrons. The van der Waals surface area contributed by atoms with Crippen LogP contribution in [0.2, 0.25) is 0 Å². The summed E-state index contributed by atoms with van der Waals surface area (Å²) < 4.78 is 0. The van der Waals surface area contributed by atoms with Crippen LogP contribution in [0.15, 0.2) is 12.5 Å². The lowest BCUT2D eigenvalue weighted by Gasteiger charge is -2.00. The Labute approximate surface area is 64.9 Å². The molecule has 0 atom stereocenters. The summed E-state index contributed by atoms with van der Waals surface area (Å²) in [6.45, 7) is 2.70. The van der Waals surface area contributed by atoms with Crippen molar-refractivity contribution in [1.29, 1.82) is 5.26 Å². The lowest BCUT2D eigenvalue weighted by atomic mass is 10.3. The maximum atomic E-state index is 8.58. The van der Waals surface area contributed by atoms with Gasteiger partial charge in [0, 0.05) is 6.54 Å². The van der Waals surface area contributed by atoms with E-state index in [1.807, 2.05) is 13.0 Å². The summed E-state index contributed by atoms with van der Waals surface area (Å²) in [6, 6.07) is 1.99. The first-order valence-electron chi connectivity index (χ1n) is 3.32. The maximum Gasteiger partial charge on any atom is 0.147 e. The van der Waals surface area contributed by atoms with E-state index < -0.39 is 0 Å². The highest BCUT2D eigenvalue weighted by atomic mass is 15.0. The van der Waals surface area contributed by atoms with Crippen LogP contribution in [-0.4, -0.2) is 16.5 Å². The van der Waals surface area contributed by atoms with Gasteiger partial charge in [-0.25, -0.2) is 9.97 Å². The van der Waals surface area contributed by atoms with E-state index in [9.17, 15) is 0 Å². The van der Waals surface area contributed by atoms with Crippen molar-refractivity contribution in [2.45, 2.75) is 6.92 Å². The minimum absolute atomic E-state index is 0.481. The van der Waals surface area contributed by atoms with Gasteiger partial charge < -0.3 is 5.32 Å². The van der Waals surface area contributed by atoms with E-state index in [1.54, 1.807) is 0 Å². The second-order valence-electron chi connectivity index (χ2n) is 1.93. The van der Waals surface area contributed by atoms with Crippen molar-refractivity contribution in [3.8, 4) is 6.07 Å². The third-order valence-electron chi connectivity index (χ3n) is 1.18. The molecule has 1 heterocycles. The van der Waals surface area contributed by atoms with E-state index in [4.69, 9.17) is 5.26 Å². The van der Waals surface area contributed by atoms with Crippen LogP contribution in [0.1, 0.15) is 12.5 Å². The first kappa shape index (κ1) is 7.48. The molecule has 0 spiro atoms. The van der Waals surface area contributed by atoms with Crippen molar-refractivity contribution in [3.05, 3.63) is 18.1 Å². The molecule has 1 aromatic heterocycles. The Bertz CT molecular complexity index is 276. The molecule has 0 saturated heterocycles. The van der Waals surface area contributed by atoms with Crippen LogP contribution in [0.5, 0.6) is 0 Å². The normalized spacial score (nSPS) is 8.73. The Hall–Kier alpha value is -1.63. The molecule has 4 nitrogen and oxygen atoms in total. The Morgan fingerprint density at radius 3 is 3.18 bits per heavy atom. The fraction of sp³-hybridized carbons (Fsp3) is 0.286. The zero-order valence-corrected chi connectivity index (χ0v) is 6.20. The topological polar surface area (TPSA) is 61.6 Å². The highest BCUT2D eigenvalue weighted by Crippen LogP contribution is 2.06. The van der Waals surface area contributed by atoms with Crippen LogP contribution in [-0.2, 0) is 0 Å². The van der Waals surface area contributed by atoms with Gasteiger partial charge >= 0.3 is 0 Å². The molecular weight excluding hydrogens is 140 g/mol. The van der Waals surface area contributed by atoms with E-state index in [1.165, 1.54) is 12.5 Å². The lowest BCUT2D eigenvalue weighted by molar-refractivity contribution is 1.10. The van der Waals surface area contributed by atoms with Gasteiger partial charge in [0.25, 0.3) is 0 Å². The molecule has 0 amide bonds. The number of anilines is 1. The zero-order valence-electron chi connectivity index (χ0n) is 6.20. The van der Waals surface area contributed by atoms with Gasteiger partial charge in [0.1, 0.15) is 23.8 Å². The first-order chi connectivity index (χ1) is 5.38. The average Bonchev–Trinajstić information content (AvgIpc) is 2.06. The molecule has 0 aliphatic carbocycles. The number of nitrogens with zero attached hydrogens (tertiary/aromatic N) is 3. The van der Waals surface area contributed by atoms with Crippen LogP contribution in [0.25, 0.3) is 0 Å². The van der Waals surface area contributed by atoms with E-state index >= 15 is 0 Å². The van der Waals surface area contributed by atoms with E-state index in [0.29, 0.717) is 11.4 Å². The predicted octanol–water partition coefficient (Wildman–Crippen LogP) is 0.780. The summed E-state index contributed by atoms with van der Waals surface area (Å²) >= 11 is 0. The molecule has 0 aromatic carbocycles. The van der Waals surface area contributed by atoms with E-state index in [0.717, 1.165) is 6.54 Å². The fourth-order valence-corrected chi connectivity index (χ4v) is 0.720. The predicted molar refractivity (Wildman–Crippen MR) is 40.9 cm³/mol. The third-order valence-corrected chi connectivity index (χ3v) is 1.18. The number of nitriles is 1. The third kappa shape index (κ3) is 1.64. The van der Waals surface area contributed by atoms with E-state index in [-0.39, 0.29) is 0 Å². The van der Waals surface area contributed by atoms with Crippen molar-refractivity contribution in [2.75, 3.05) is 11.9 Å². The van der Waals surface area contributed by atoms with Gasteiger partial charge in [0.2, 0.25) is 0 Å². The Morgan fingerprint density at radius 1 is 1.73 bits per heavy atom. The van der Waals surface area contributed by atoms with Crippen molar-refractivity contribution >= 4 is 5.82 Å². The summed E-state index contributed by atoms with van der Waals surface area (Å²) in [4.78, 5) is 7.62. The maximum absolute atomic E-state index is 8.58. The minimum Gasteiger partial charge on any atom is -0.369 e. The monoisotopic (exact) mass is 148 g/mol. The molecule has 0 aliphatic heterocycles. The van der Waals surface area contributed by atoms with Crippen molar-refractivity contribution in [1.82, 2.24) is 9.97 Å². The van der Waals surface area contributed by atoms with Crippen LogP contribution in [0, 0.1) is 11.3 Å². The van der Waals surface area contributed by atoms with Gasteiger partial charge in [0.15, 0.2) is 0 Å². The largest absolute Gasteiger partial charge is 0.369 e. The summed E-state index contributed by atoms with van der Waals surface area (Å²) in [6.07, 6.45) is 2.91. The number of hydrogen-bond donors (Lipinski definition) is 1. The molecule has 0 unspecified atom stereocenters. The molecule has 0 radical (unpaired) electrons. The second-order valence-corrected chi connectivity index (χ2v) is 1.93. The summed E-state index contributed by atoms with van der Waals surface area (Å²) in [5, 5.41) is 11.5. The van der Waals surface area contributed by atoms with Gasteiger partial charge in [0.05, 0.1) is 6.20 Å². The Morgan fingerprint density at radius 2 is 2.55 bits per heavy atom. The average molecular weight is 148 g/mol. The molecule has 1 aromatic rings. The number of rotatable bonds is 2. The molecular formula is C7H8N4. The van der Waals surface area contributed by atoms with Crippen molar-refractivity contribution < 1.29 is 0 Å². The summed E-state index contributed by atoms with van der Waals surface area (Å²) in [7, 11) is 0. The summed E-state index contributed by atoms with van der Waals surface area (Å²) in [5.41, 5.74) is 0.481. The SMILES string of the molecule is CCNc1ncncc1C#N. The molecule has 11 heavy (non-hydrogen) atoms. The Kier molecular flexibility index (Phi) is 2.39. The molecule has 0 fully saturated rings. The van der Waals surface area contributed by atoms with Crippen LogP contribution in [0.4, 0.5) is 5.82 Å². The van der Waals surface area contributed by atoms with Crippen molar-refractivity contribution in [2.24, 2.45) is 0 Å². The van der Waals surface area contributed by atoms with Crippen LogP contribution in [0.3, 0.4) is 0 Å². The van der Waals surface area contributed by atoms with Gasteiger partial charge in [-0.15, -0.1) is 0 Å². The highest BCUT2D eigenvalue weighted by Gasteiger charge is 1.98. The molecule has 0 aliphatic rings. The minimum atomic E-state index is 0.481. The van der Waals surface area contributed by atoms with Gasteiger partial charge in [-0.05, 0) is 6.92 Å². The van der Waals surface area contributed by atoms with E-state index in [2.05, 4.69) is 15.3 Å². The molecule has 0 bridgehead atoms. The van der Waals surface area contributed by atoms with Gasteiger partial charge in [-0.3, -0.25) is 0 Å². The van der Waals surface area contributed by atoms with Crippen LogP contribution < -0.4 is 5.32 Å². The lowest BCUT2D eigenvalue weighted by Crippen LogP contribution is -2.01. The summed E-state index contributed by atoms with van der Waals surface area (Å²) in [5.74, 6) is 0.602. The number of nitrogens with one attached hydrogen (secondary N) is 1. The molecule has 1 rings (SSSR count). The molecule has 0 saturated carbocycles. The highest BCUT2D eigenvalue weighted by molar-refractivity contribution is 5.49. The number of aromatic nitrogens is 2. The van der Waals surface area contributed by atoms with Crippen LogP contribution >= 0.6 is 0 Å².